The summed E-state index contributed by atoms with van der Waals surface area (Å²) >= 11 is 0. The molecule has 0 aromatic heterocycles. The van der Waals surface area contributed by atoms with Gasteiger partial charge in [-0.25, -0.2) is 0 Å². The van der Waals surface area contributed by atoms with Crippen LogP contribution in [-0.4, -0.2) is 63.8 Å². The summed E-state index contributed by atoms with van der Waals surface area (Å²) in [6, 6.07) is 0.461. The van der Waals surface area contributed by atoms with Crippen LogP contribution in [0.2, 0.25) is 0 Å². The van der Waals surface area contributed by atoms with E-state index in [9.17, 15) is 12.9 Å². The monoisotopic (exact) mass is 224 g/mol. The van der Waals surface area contributed by atoms with Crippen molar-refractivity contribution in [3.63, 3.8) is 0 Å². The molecule has 0 unspecified atom stereocenters. The Morgan fingerprint density at radius 3 is 2.20 bits per heavy atom. The molecule has 0 aliphatic carbocycles. The second-order valence-corrected chi connectivity index (χ2v) is 4.39. The second-order valence-electron chi connectivity index (χ2n) is 4.39. The van der Waals surface area contributed by atoms with Gasteiger partial charge in [0.05, 0.1) is 38.8 Å². The van der Waals surface area contributed by atoms with Gasteiger partial charge in [0, 0.05) is 13.1 Å². The van der Waals surface area contributed by atoms with Crippen LogP contribution < -0.4 is 4.90 Å². The first-order chi connectivity index (χ1) is 7.04. The fraction of sp³-hybridized carbons (Fsp3) is 1.00. The number of nitrogens with one attached hydrogen (secondary N) is 1. The van der Waals surface area contributed by atoms with Crippen molar-refractivity contribution in [3.8, 4) is 0 Å². The van der Waals surface area contributed by atoms with Gasteiger partial charge in [0.15, 0.2) is 0 Å². The van der Waals surface area contributed by atoms with Crippen LogP contribution in [0.3, 0.4) is 0 Å². The molecule has 15 heavy (non-hydrogen) atoms. The zero-order valence-electron chi connectivity index (χ0n) is 8.59. The lowest BCUT2D eigenvalue weighted by atomic mass is 9.91. The lowest BCUT2D eigenvalue weighted by Crippen LogP contribution is -3.16. The summed E-state index contributed by atoms with van der Waals surface area (Å²) in [6.07, 6.45) is -0.630. The number of quaternary nitrogens is 1. The Morgan fingerprint density at radius 1 is 1.20 bits per heavy atom. The maximum atomic E-state index is 12.2. The van der Waals surface area contributed by atoms with Crippen LogP contribution in [0.25, 0.3) is 0 Å². The number of halogens is 3. The summed E-state index contributed by atoms with van der Waals surface area (Å²) in [5.74, 6) is 0. The lowest BCUT2D eigenvalue weighted by molar-refractivity contribution is -0.896. The van der Waals surface area contributed by atoms with Gasteiger partial charge in [0.1, 0.15) is 0 Å². The number of piperazine rings is 1. The molecule has 2 rings (SSSR count). The van der Waals surface area contributed by atoms with E-state index in [-0.39, 0.29) is 0 Å². The molecule has 2 saturated heterocycles. The predicted octanol–water partition coefficient (Wildman–Crippen LogP) is -1.03. The summed E-state index contributed by atoms with van der Waals surface area (Å²) in [5, 5.41) is 0. The van der Waals surface area contributed by atoms with E-state index in [1.54, 1.807) is 0 Å². The molecule has 0 saturated carbocycles. The highest BCUT2D eigenvalue weighted by Crippen LogP contribution is 2.10. The Labute approximate surface area is 87.2 Å². The fourth-order valence-corrected chi connectivity index (χ4v) is 2.17. The average molecular weight is 224 g/mol. The third kappa shape index (κ3) is 3.09. The van der Waals surface area contributed by atoms with Crippen molar-refractivity contribution in [1.29, 1.82) is 0 Å². The standard InChI is InChI=1S/C8H15BF3N2O/c10-9(11,12)7-13-1-3-14(4-2-13)8-5-15-6-8/h8H,1-7H2/q-1/p+1. The largest absolute Gasteiger partial charge is 0.531 e. The molecule has 3 nitrogen and oxygen atoms in total. The van der Waals surface area contributed by atoms with Crippen LogP contribution in [-0.2, 0) is 4.74 Å². The van der Waals surface area contributed by atoms with Gasteiger partial charge in [0.25, 0.3) is 0 Å². The highest BCUT2D eigenvalue weighted by molar-refractivity contribution is 6.58. The smallest absolute Gasteiger partial charge is 0.445 e. The molecule has 0 bridgehead atoms. The molecule has 2 aliphatic rings. The molecule has 7 heteroatoms. The topological polar surface area (TPSA) is 16.9 Å². The van der Waals surface area contributed by atoms with Crippen LogP contribution in [0, 0.1) is 0 Å². The second kappa shape index (κ2) is 4.31. The number of rotatable bonds is 3. The Bertz CT molecular complexity index is 214. The van der Waals surface area contributed by atoms with Gasteiger partial charge in [-0.05, 0) is 0 Å². The van der Waals surface area contributed by atoms with Gasteiger partial charge in [-0.1, -0.05) is 0 Å². The molecule has 0 amide bonds. The SMILES string of the molecule is F[B-](F)(F)C[NH+]1CCN(C2COC2)CC1. The quantitative estimate of drug-likeness (QED) is 0.617. The van der Waals surface area contributed by atoms with Gasteiger partial charge in [0.2, 0.25) is 0 Å². The number of hydrogen-bond acceptors (Lipinski definition) is 2. The van der Waals surface area contributed by atoms with Crippen molar-refractivity contribution in [2.75, 3.05) is 45.8 Å². The van der Waals surface area contributed by atoms with E-state index in [0.717, 1.165) is 26.3 Å². The summed E-state index contributed by atoms with van der Waals surface area (Å²) in [7, 11) is 0. The summed E-state index contributed by atoms with van der Waals surface area (Å²) in [6.45, 7) is -0.371. The molecule has 1 N–H and O–H groups in total. The highest BCUT2D eigenvalue weighted by atomic mass is 19.4. The zero-order chi connectivity index (χ0) is 10.9. The van der Waals surface area contributed by atoms with Gasteiger partial charge in [-0.2, -0.15) is 0 Å². The minimum Gasteiger partial charge on any atom is -0.445 e. The van der Waals surface area contributed by atoms with Crippen molar-refractivity contribution in [2.45, 2.75) is 6.04 Å². The van der Waals surface area contributed by atoms with Crippen LogP contribution in [0.15, 0.2) is 0 Å². The Morgan fingerprint density at radius 2 is 1.80 bits per heavy atom. The molecular formula is C8H16BF3N2O. The third-order valence-corrected chi connectivity index (χ3v) is 3.16. The molecule has 0 radical (unpaired) electrons. The normalized spacial score (nSPS) is 26.6. The molecule has 0 aromatic rings. The summed E-state index contributed by atoms with van der Waals surface area (Å²) in [4.78, 5) is 2.93. The molecule has 0 atom stereocenters. The molecule has 0 spiro atoms. The highest BCUT2D eigenvalue weighted by Gasteiger charge is 2.34. The van der Waals surface area contributed by atoms with Crippen LogP contribution in [0.1, 0.15) is 0 Å². The van der Waals surface area contributed by atoms with Crippen LogP contribution in [0.4, 0.5) is 12.9 Å². The fourth-order valence-electron chi connectivity index (χ4n) is 2.17. The van der Waals surface area contributed by atoms with Gasteiger partial charge in [-0.15, -0.1) is 0 Å². The van der Waals surface area contributed by atoms with Crippen molar-refractivity contribution < 1.29 is 22.6 Å². The zero-order valence-corrected chi connectivity index (χ0v) is 8.59. The van der Waals surface area contributed by atoms with Crippen LogP contribution in [0.5, 0.6) is 0 Å². The van der Waals surface area contributed by atoms with E-state index >= 15 is 0 Å². The molecule has 88 valence electrons. The molecule has 0 aromatic carbocycles. The number of nitrogens with zero attached hydrogens (tertiary/aromatic N) is 1. The minimum absolute atomic E-state index is 0.461. The maximum Gasteiger partial charge on any atom is 0.531 e. The average Bonchev–Trinajstić information content (AvgIpc) is 2.02. The number of hydrogen-bond donors (Lipinski definition) is 1. The van der Waals surface area contributed by atoms with E-state index in [4.69, 9.17) is 4.74 Å². The van der Waals surface area contributed by atoms with Crippen LogP contribution >= 0.6 is 0 Å². The third-order valence-electron chi connectivity index (χ3n) is 3.16. The van der Waals surface area contributed by atoms with Gasteiger partial charge in [-0.3, -0.25) is 4.90 Å². The summed E-state index contributed by atoms with van der Waals surface area (Å²) in [5.41, 5.74) is 0. The van der Waals surface area contributed by atoms with E-state index in [1.165, 1.54) is 0 Å². The minimum atomic E-state index is -4.63. The van der Waals surface area contributed by atoms with E-state index in [1.807, 2.05) is 0 Å². The van der Waals surface area contributed by atoms with Crippen molar-refractivity contribution in [3.05, 3.63) is 0 Å². The first kappa shape index (κ1) is 11.2. The molecule has 2 aliphatic heterocycles. The van der Waals surface area contributed by atoms with E-state index < -0.39 is 13.4 Å². The van der Waals surface area contributed by atoms with Crippen molar-refractivity contribution >= 4 is 6.98 Å². The predicted molar refractivity (Wildman–Crippen MR) is 50.8 cm³/mol. The van der Waals surface area contributed by atoms with Crippen molar-refractivity contribution in [1.82, 2.24) is 4.90 Å². The first-order valence-electron chi connectivity index (χ1n) is 5.41. The number of ether oxygens (including phenoxy) is 1. The summed E-state index contributed by atoms with van der Waals surface area (Å²) < 4.78 is 41.6. The Kier molecular flexibility index (Phi) is 3.23. The Hall–Kier alpha value is -0.265. The van der Waals surface area contributed by atoms with Gasteiger partial charge < -0.3 is 22.6 Å². The van der Waals surface area contributed by atoms with E-state index in [2.05, 4.69) is 4.90 Å². The first-order valence-corrected chi connectivity index (χ1v) is 5.41. The Balaban J connectivity index is 1.72. The molecule has 2 fully saturated rings. The lowest BCUT2D eigenvalue weighted by Gasteiger charge is -2.41. The van der Waals surface area contributed by atoms with Crippen molar-refractivity contribution in [2.24, 2.45) is 0 Å². The van der Waals surface area contributed by atoms with E-state index in [0.29, 0.717) is 24.0 Å². The molecule has 2 heterocycles. The maximum absolute atomic E-state index is 12.2. The molecular weight excluding hydrogens is 208 g/mol. The van der Waals surface area contributed by atoms with Gasteiger partial charge >= 0.3 is 6.98 Å².